The summed E-state index contributed by atoms with van der Waals surface area (Å²) >= 11 is 6.10. The lowest BCUT2D eigenvalue weighted by molar-refractivity contribution is -0.119. The van der Waals surface area contributed by atoms with E-state index in [1.807, 2.05) is 0 Å². The number of halogens is 2. The first kappa shape index (κ1) is 19.9. The highest BCUT2D eigenvalue weighted by molar-refractivity contribution is 6.34. The zero-order valence-corrected chi connectivity index (χ0v) is 15.4. The molecule has 2 aromatic rings. The Morgan fingerprint density at radius 2 is 1.92 bits per heavy atom. The van der Waals surface area contributed by atoms with Gasteiger partial charge in [0, 0.05) is 30.3 Å². The molecule has 2 aromatic carbocycles. The molecule has 0 aliphatic carbocycles. The molecule has 0 saturated carbocycles. The van der Waals surface area contributed by atoms with Crippen LogP contribution in [0.15, 0.2) is 42.5 Å². The number of hydrogen-bond acceptors (Lipinski definition) is 3. The largest absolute Gasteiger partial charge is 0.348 e. The summed E-state index contributed by atoms with van der Waals surface area (Å²) < 4.78 is 13.6. The van der Waals surface area contributed by atoms with E-state index in [0.717, 1.165) is 0 Å². The minimum Gasteiger partial charge on any atom is -0.348 e. The van der Waals surface area contributed by atoms with E-state index in [4.69, 9.17) is 11.6 Å². The van der Waals surface area contributed by atoms with Gasteiger partial charge in [0.1, 0.15) is 5.82 Å². The highest BCUT2D eigenvalue weighted by Crippen LogP contribution is 2.21. The van der Waals surface area contributed by atoms with Gasteiger partial charge in [-0.3, -0.25) is 9.59 Å². The van der Waals surface area contributed by atoms with Crippen LogP contribution >= 0.6 is 11.6 Å². The Labute approximate surface area is 156 Å². The Hall–Kier alpha value is -2.44. The van der Waals surface area contributed by atoms with Crippen LogP contribution in [0, 0.1) is 11.7 Å². The zero-order chi connectivity index (χ0) is 19.1. The van der Waals surface area contributed by atoms with E-state index >= 15 is 0 Å². The summed E-state index contributed by atoms with van der Waals surface area (Å²) in [5.41, 5.74) is 1.06. The van der Waals surface area contributed by atoms with Crippen molar-refractivity contribution >= 4 is 29.1 Å². The second kappa shape index (κ2) is 9.31. The van der Waals surface area contributed by atoms with Crippen LogP contribution < -0.4 is 16.0 Å². The molecule has 0 aliphatic rings. The highest BCUT2D eigenvalue weighted by Gasteiger charge is 2.15. The normalized spacial score (nSPS) is 11.7. The molecule has 7 heteroatoms. The van der Waals surface area contributed by atoms with Gasteiger partial charge in [0.2, 0.25) is 5.91 Å². The SMILES string of the molecule is CNCC(C)C(=O)Nc1ccc(Cl)c(C(=O)NCc2ccccc2F)c1. The van der Waals surface area contributed by atoms with Crippen LogP contribution in [0.2, 0.25) is 5.02 Å². The number of amides is 2. The molecular formula is C19H21ClFN3O2. The molecule has 0 aromatic heterocycles. The number of carbonyl (C=O) groups excluding carboxylic acids is 2. The maximum absolute atomic E-state index is 13.6. The van der Waals surface area contributed by atoms with Gasteiger partial charge in [-0.15, -0.1) is 0 Å². The van der Waals surface area contributed by atoms with Gasteiger partial charge < -0.3 is 16.0 Å². The van der Waals surface area contributed by atoms with Crippen molar-refractivity contribution < 1.29 is 14.0 Å². The summed E-state index contributed by atoms with van der Waals surface area (Å²) in [6.07, 6.45) is 0. The summed E-state index contributed by atoms with van der Waals surface area (Å²) in [4.78, 5) is 24.5. The van der Waals surface area contributed by atoms with Crippen molar-refractivity contribution in [1.29, 1.82) is 0 Å². The molecule has 2 rings (SSSR count). The van der Waals surface area contributed by atoms with Gasteiger partial charge in [0.05, 0.1) is 10.6 Å². The lowest BCUT2D eigenvalue weighted by Gasteiger charge is -2.13. The van der Waals surface area contributed by atoms with E-state index in [1.165, 1.54) is 18.2 Å². The maximum atomic E-state index is 13.6. The van der Waals surface area contributed by atoms with Crippen molar-refractivity contribution in [1.82, 2.24) is 10.6 Å². The number of hydrogen-bond donors (Lipinski definition) is 3. The third kappa shape index (κ3) is 5.28. The Bertz CT molecular complexity index is 798. The first-order chi connectivity index (χ1) is 12.4. The lowest BCUT2D eigenvalue weighted by atomic mass is 10.1. The van der Waals surface area contributed by atoms with E-state index in [2.05, 4.69) is 16.0 Å². The van der Waals surface area contributed by atoms with Gasteiger partial charge in [0.15, 0.2) is 0 Å². The molecule has 3 N–H and O–H groups in total. The molecule has 1 unspecified atom stereocenters. The summed E-state index contributed by atoms with van der Waals surface area (Å²) in [7, 11) is 1.77. The Morgan fingerprint density at radius 3 is 2.62 bits per heavy atom. The van der Waals surface area contributed by atoms with Crippen LogP contribution in [0.25, 0.3) is 0 Å². The van der Waals surface area contributed by atoms with Gasteiger partial charge in [0.25, 0.3) is 5.91 Å². The monoisotopic (exact) mass is 377 g/mol. The molecule has 2 amide bonds. The van der Waals surface area contributed by atoms with Crippen molar-refractivity contribution in [3.8, 4) is 0 Å². The lowest BCUT2D eigenvalue weighted by Crippen LogP contribution is -2.29. The number of rotatable bonds is 7. The third-order valence-corrected chi connectivity index (χ3v) is 4.16. The van der Waals surface area contributed by atoms with Gasteiger partial charge in [-0.05, 0) is 31.3 Å². The summed E-state index contributed by atoms with van der Waals surface area (Å²) in [5, 5.41) is 8.57. The number of benzene rings is 2. The molecule has 138 valence electrons. The fraction of sp³-hybridized carbons (Fsp3) is 0.263. The Kier molecular flexibility index (Phi) is 7.12. The van der Waals surface area contributed by atoms with E-state index in [1.54, 1.807) is 38.2 Å². The minimum atomic E-state index is -0.447. The number of nitrogens with one attached hydrogen (secondary N) is 3. The van der Waals surface area contributed by atoms with E-state index in [-0.39, 0.29) is 29.0 Å². The van der Waals surface area contributed by atoms with Crippen molar-refractivity contribution in [2.24, 2.45) is 5.92 Å². The molecule has 0 heterocycles. The third-order valence-electron chi connectivity index (χ3n) is 3.83. The van der Waals surface area contributed by atoms with Crippen molar-refractivity contribution in [3.05, 3.63) is 64.4 Å². The van der Waals surface area contributed by atoms with Crippen LogP contribution in [0.5, 0.6) is 0 Å². The van der Waals surface area contributed by atoms with E-state index in [0.29, 0.717) is 17.8 Å². The fourth-order valence-electron chi connectivity index (χ4n) is 2.35. The maximum Gasteiger partial charge on any atom is 0.253 e. The van der Waals surface area contributed by atoms with Crippen LogP contribution in [-0.2, 0) is 11.3 Å². The average molecular weight is 378 g/mol. The summed E-state index contributed by atoms with van der Waals surface area (Å²) in [6, 6.07) is 10.9. The molecule has 0 spiro atoms. The van der Waals surface area contributed by atoms with Crippen LogP contribution in [0.4, 0.5) is 10.1 Å². The zero-order valence-electron chi connectivity index (χ0n) is 14.6. The molecule has 0 saturated heterocycles. The smallest absolute Gasteiger partial charge is 0.253 e. The second-order valence-electron chi connectivity index (χ2n) is 5.92. The average Bonchev–Trinajstić information content (AvgIpc) is 2.62. The molecule has 0 radical (unpaired) electrons. The first-order valence-electron chi connectivity index (χ1n) is 8.19. The Balaban J connectivity index is 2.07. The second-order valence-corrected chi connectivity index (χ2v) is 6.32. The number of anilines is 1. The van der Waals surface area contributed by atoms with Crippen LogP contribution in [0.1, 0.15) is 22.8 Å². The molecule has 0 bridgehead atoms. The summed E-state index contributed by atoms with van der Waals surface area (Å²) in [5.74, 6) is -1.23. The molecule has 26 heavy (non-hydrogen) atoms. The predicted octanol–water partition coefficient (Wildman–Crippen LogP) is 3.20. The van der Waals surface area contributed by atoms with Gasteiger partial charge in [-0.2, -0.15) is 0 Å². The topological polar surface area (TPSA) is 70.2 Å². The van der Waals surface area contributed by atoms with E-state index < -0.39 is 11.7 Å². The molecular weight excluding hydrogens is 357 g/mol. The Morgan fingerprint density at radius 1 is 1.19 bits per heavy atom. The van der Waals surface area contributed by atoms with Crippen LogP contribution in [0.3, 0.4) is 0 Å². The van der Waals surface area contributed by atoms with Crippen molar-refractivity contribution in [3.63, 3.8) is 0 Å². The predicted molar refractivity (Wildman–Crippen MR) is 101 cm³/mol. The highest BCUT2D eigenvalue weighted by atomic mass is 35.5. The van der Waals surface area contributed by atoms with Crippen LogP contribution in [-0.4, -0.2) is 25.4 Å². The molecule has 0 fully saturated rings. The standard InChI is InChI=1S/C19H21ClFN3O2/c1-12(10-22-2)18(25)24-14-7-8-16(20)15(9-14)19(26)23-11-13-5-3-4-6-17(13)21/h3-9,12,22H,10-11H2,1-2H3,(H,23,26)(H,24,25). The quantitative estimate of drug-likeness (QED) is 0.694. The van der Waals surface area contributed by atoms with Crippen molar-refractivity contribution in [2.75, 3.05) is 18.9 Å². The minimum absolute atomic E-state index is 0.0393. The van der Waals surface area contributed by atoms with Gasteiger partial charge in [-0.1, -0.05) is 36.7 Å². The molecule has 1 atom stereocenters. The first-order valence-corrected chi connectivity index (χ1v) is 8.56. The van der Waals surface area contributed by atoms with Gasteiger partial charge >= 0.3 is 0 Å². The van der Waals surface area contributed by atoms with E-state index in [9.17, 15) is 14.0 Å². The number of carbonyl (C=O) groups is 2. The molecule has 5 nitrogen and oxygen atoms in total. The fourth-order valence-corrected chi connectivity index (χ4v) is 2.56. The van der Waals surface area contributed by atoms with Gasteiger partial charge in [-0.25, -0.2) is 4.39 Å². The summed E-state index contributed by atoms with van der Waals surface area (Å²) in [6.45, 7) is 2.37. The van der Waals surface area contributed by atoms with Crippen molar-refractivity contribution in [2.45, 2.75) is 13.5 Å². The molecule has 0 aliphatic heterocycles.